The van der Waals surface area contributed by atoms with Gasteiger partial charge >= 0.3 is 0 Å². The quantitative estimate of drug-likeness (QED) is 0.739. The molecule has 2 aromatic carbocycles. The summed E-state index contributed by atoms with van der Waals surface area (Å²) in [5.41, 5.74) is 4.39. The molecule has 0 aliphatic heterocycles. The molecule has 1 N–H and O–H groups in total. The molecule has 1 aromatic heterocycles. The smallest absolute Gasteiger partial charge is 0.116 e. The Morgan fingerprint density at radius 2 is 1.89 bits per heavy atom. The Labute approximate surface area is 112 Å². The lowest BCUT2D eigenvalue weighted by Gasteiger charge is -2.12. The topological polar surface area (TPSA) is 33.1 Å². The highest BCUT2D eigenvalue weighted by Gasteiger charge is 2.10. The molecule has 0 unspecified atom stereocenters. The van der Waals surface area contributed by atoms with Crippen molar-refractivity contribution in [1.82, 2.24) is 4.98 Å². The fraction of sp³-hybridized carbons (Fsp3) is 0.118. The number of aromatic nitrogens is 1. The lowest BCUT2D eigenvalue weighted by atomic mass is 9.95. The summed E-state index contributed by atoms with van der Waals surface area (Å²) < 4.78 is 0. The van der Waals surface area contributed by atoms with Gasteiger partial charge in [-0.15, -0.1) is 0 Å². The van der Waals surface area contributed by atoms with Gasteiger partial charge in [0.05, 0.1) is 5.52 Å². The number of phenolic OH excluding ortho intramolecular Hbond substituents is 1. The van der Waals surface area contributed by atoms with E-state index in [-0.39, 0.29) is 0 Å². The molecule has 0 fully saturated rings. The van der Waals surface area contributed by atoms with Gasteiger partial charge in [-0.2, -0.15) is 0 Å². The first-order chi connectivity index (χ1) is 9.29. The molecular formula is C17H15NO. The van der Waals surface area contributed by atoms with Gasteiger partial charge in [0.25, 0.3) is 0 Å². The number of rotatable bonds is 2. The minimum Gasteiger partial charge on any atom is -0.508 e. The molecule has 0 atom stereocenters. The highest BCUT2D eigenvalue weighted by atomic mass is 16.3. The van der Waals surface area contributed by atoms with Gasteiger partial charge in [-0.3, -0.25) is 4.98 Å². The molecule has 0 spiro atoms. The van der Waals surface area contributed by atoms with E-state index < -0.39 is 0 Å². The summed E-state index contributed by atoms with van der Waals surface area (Å²) >= 11 is 0. The molecule has 3 aromatic rings. The highest BCUT2D eigenvalue weighted by Crippen LogP contribution is 2.32. The molecule has 0 aliphatic rings. The van der Waals surface area contributed by atoms with E-state index >= 15 is 0 Å². The number of benzene rings is 2. The van der Waals surface area contributed by atoms with Crippen molar-refractivity contribution in [2.24, 2.45) is 0 Å². The van der Waals surface area contributed by atoms with E-state index in [1.165, 1.54) is 11.1 Å². The molecule has 0 amide bonds. The van der Waals surface area contributed by atoms with Crippen LogP contribution in [0.25, 0.3) is 22.0 Å². The number of aryl methyl sites for hydroxylation is 1. The Balaban J connectivity index is 2.37. The predicted octanol–water partition coefficient (Wildman–Crippen LogP) is 4.17. The lowest BCUT2D eigenvalue weighted by Crippen LogP contribution is -1.92. The summed E-state index contributed by atoms with van der Waals surface area (Å²) in [5, 5.41) is 10.8. The number of fused-ring (bicyclic) bond motifs is 1. The Hall–Kier alpha value is -2.35. The fourth-order valence-electron chi connectivity index (χ4n) is 2.45. The average Bonchev–Trinajstić information content (AvgIpc) is 2.46. The third kappa shape index (κ3) is 2.06. The maximum Gasteiger partial charge on any atom is 0.116 e. The molecule has 0 radical (unpaired) electrons. The monoisotopic (exact) mass is 249 g/mol. The molecule has 0 saturated heterocycles. The van der Waals surface area contributed by atoms with Crippen LogP contribution in [0.4, 0.5) is 0 Å². The van der Waals surface area contributed by atoms with Crippen LogP contribution in [0.2, 0.25) is 0 Å². The molecule has 3 rings (SSSR count). The van der Waals surface area contributed by atoms with Gasteiger partial charge in [0.2, 0.25) is 0 Å². The van der Waals surface area contributed by atoms with Gasteiger partial charge in [0.15, 0.2) is 0 Å². The summed E-state index contributed by atoms with van der Waals surface area (Å²) in [6.45, 7) is 2.12. The number of hydrogen-bond donors (Lipinski definition) is 1. The molecule has 0 bridgehead atoms. The summed E-state index contributed by atoms with van der Waals surface area (Å²) in [5.74, 6) is 0.292. The first-order valence-corrected chi connectivity index (χ1v) is 6.45. The molecule has 19 heavy (non-hydrogen) atoms. The van der Waals surface area contributed by atoms with Crippen LogP contribution in [-0.2, 0) is 6.42 Å². The summed E-state index contributed by atoms with van der Waals surface area (Å²) in [7, 11) is 0. The average molecular weight is 249 g/mol. The van der Waals surface area contributed by atoms with Gasteiger partial charge < -0.3 is 5.11 Å². The molecule has 0 saturated carbocycles. The Kier molecular flexibility index (Phi) is 2.92. The molecular weight excluding hydrogens is 234 g/mol. The predicted molar refractivity (Wildman–Crippen MR) is 78.2 cm³/mol. The summed E-state index contributed by atoms with van der Waals surface area (Å²) in [6, 6.07) is 15.5. The van der Waals surface area contributed by atoms with E-state index in [9.17, 15) is 5.11 Å². The molecule has 2 nitrogen and oxygen atoms in total. The van der Waals surface area contributed by atoms with Crippen LogP contribution >= 0.6 is 0 Å². The minimum atomic E-state index is 0.292. The third-order valence-corrected chi connectivity index (χ3v) is 3.37. The number of aromatic hydroxyl groups is 1. The van der Waals surface area contributed by atoms with Crippen molar-refractivity contribution in [3.8, 4) is 16.9 Å². The SMILES string of the molecule is CCc1cnc2ccccc2c1-c1cccc(O)c1. The van der Waals surface area contributed by atoms with E-state index in [0.717, 1.165) is 22.9 Å². The molecule has 2 heteroatoms. The Morgan fingerprint density at radius 1 is 1.05 bits per heavy atom. The van der Waals surface area contributed by atoms with Crippen molar-refractivity contribution in [3.63, 3.8) is 0 Å². The van der Waals surface area contributed by atoms with Crippen LogP contribution in [0, 0.1) is 0 Å². The van der Waals surface area contributed by atoms with E-state index in [4.69, 9.17) is 0 Å². The first-order valence-electron chi connectivity index (χ1n) is 6.45. The summed E-state index contributed by atoms with van der Waals surface area (Å²) in [6.07, 6.45) is 2.85. The largest absolute Gasteiger partial charge is 0.508 e. The molecule has 0 aliphatic carbocycles. The maximum absolute atomic E-state index is 9.69. The maximum atomic E-state index is 9.69. The molecule has 94 valence electrons. The highest BCUT2D eigenvalue weighted by molar-refractivity contribution is 5.96. The zero-order valence-corrected chi connectivity index (χ0v) is 10.8. The second-order valence-corrected chi connectivity index (χ2v) is 4.58. The van der Waals surface area contributed by atoms with Gasteiger partial charge in [-0.05, 0) is 41.3 Å². The number of nitrogens with zero attached hydrogens (tertiary/aromatic N) is 1. The van der Waals surface area contributed by atoms with Gasteiger partial charge in [0, 0.05) is 11.6 Å². The number of pyridine rings is 1. The molecule has 1 heterocycles. The van der Waals surface area contributed by atoms with Crippen LogP contribution in [0.15, 0.2) is 54.7 Å². The van der Waals surface area contributed by atoms with Crippen molar-refractivity contribution >= 4 is 10.9 Å². The number of phenols is 1. The van der Waals surface area contributed by atoms with Crippen molar-refractivity contribution in [1.29, 1.82) is 0 Å². The van der Waals surface area contributed by atoms with Crippen LogP contribution in [0.1, 0.15) is 12.5 Å². The first kappa shape index (κ1) is 11.7. The van der Waals surface area contributed by atoms with Crippen molar-refractivity contribution in [2.45, 2.75) is 13.3 Å². The van der Waals surface area contributed by atoms with Crippen LogP contribution in [-0.4, -0.2) is 10.1 Å². The van der Waals surface area contributed by atoms with E-state index in [0.29, 0.717) is 5.75 Å². The van der Waals surface area contributed by atoms with Crippen molar-refractivity contribution in [2.75, 3.05) is 0 Å². The van der Waals surface area contributed by atoms with Crippen LogP contribution in [0.3, 0.4) is 0 Å². The van der Waals surface area contributed by atoms with Crippen molar-refractivity contribution < 1.29 is 5.11 Å². The van der Waals surface area contributed by atoms with E-state index in [1.807, 2.05) is 36.5 Å². The lowest BCUT2D eigenvalue weighted by molar-refractivity contribution is 0.475. The Morgan fingerprint density at radius 3 is 2.68 bits per heavy atom. The normalized spacial score (nSPS) is 10.8. The van der Waals surface area contributed by atoms with Gasteiger partial charge in [-0.1, -0.05) is 37.3 Å². The number of hydrogen-bond acceptors (Lipinski definition) is 2. The number of para-hydroxylation sites is 1. The third-order valence-electron chi connectivity index (χ3n) is 3.37. The summed E-state index contributed by atoms with van der Waals surface area (Å²) in [4.78, 5) is 4.50. The van der Waals surface area contributed by atoms with Gasteiger partial charge in [0.1, 0.15) is 5.75 Å². The van der Waals surface area contributed by atoms with Gasteiger partial charge in [-0.25, -0.2) is 0 Å². The zero-order valence-electron chi connectivity index (χ0n) is 10.8. The Bertz CT molecular complexity index is 734. The standard InChI is InChI=1S/C17H15NO/c1-2-12-11-18-16-9-4-3-8-15(16)17(12)13-6-5-7-14(19)10-13/h3-11,19H,2H2,1H3. The van der Waals surface area contributed by atoms with E-state index in [1.54, 1.807) is 12.1 Å². The van der Waals surface area contributed by atoms with Crippen LogP contribution in [0.5, 0.6) is 5.75 Å². The van der Waals surface area contributed by atoms with Crippen LogP contribution < -0.4 is 0 Å². The fourth-order valence-corrected chi connectivity index (χ4v) is 2.45. The minimum absolute atomic E-state index is 0.292. The zero-order chi connectivity index (χ0) is 13.2. The van der Waals surface area contributed by atoms with Crippen molar-refractivity contribution in [3.05, 3.63) is 60.3 Å². The second kappa shape index (κ2) is 4.73. The second-order valence-electron chi connectivity index (χ2n) is 4.58. The van der Waals surface area contributed by atoms with E-state index in [2.05, 4.69) is 18.0 Å².